The van der Waals surface area contributed by atoms with Crippen LogP contribution in [0.4, 0.5) is 0 Å². The van der Waals surface area contributed by atoms with Gasteiger partial charge in [0.15, 0.2) is 6.10 Å². The van der Waals surface area contributed by atoms with E-state index in [0.29, 0.717) is 23.9 Å². The smallest absolute Gasteiger partial charge is 0.303 e. The Morgan fingerprint density at radius 2 is 2.09 bits per heavy atom. The number of piperidine rings is 1. The van der Waals surface area contributed by atoms with Crippen LogP contribution in [0.2, 0.25) is 5.02 Å². The Hall–Kier alpha value is -3.12. The van der Waals surface area contributed by atoms with Crippen molar-refractivity contribution in [2.24, 2.45) is 5.92 Å². The van der Waals surface area contributed by atoms with Crippen LogP contribution in [0.1, 0.15) is 31.7 Å². The predicted molar refractivity (Wildman–Crippen MR) is 129 cm³/mol. The number of ether oxygens (including phenoxy) is 1. The minimum Gasteiger partial charge on any atom is -0.481 e. The van der Waals surface area contributed by atoms with Crippen LogP contribution < -0.4 is 4.74 Å². The first-order valence-corrected chi connectivity index (χ1v) is 11.5. The molecule has 3 aromatic rings. The Kier molecular flexibility index (Phi) is 6.84. The number of amides is 1. The topological polar surface area (TPSA) is 79.7 Å². The Bertz CT molecular complexity index is 1180. The lowest BCUT2D eigenvalue weighted by atomic mass is 9.94. The van der Waals surface area contributed by atoms with E-state index in [9.17, 15) is 9.59 Å². The van der Waals surface area contributed by atoms with Crippen LogP contribution >= 0.6 is 11.6 Å². The number of hydrogen-bond donors (Lipinski definition) is 1. The monoisotopic (exact) mass is 466 g/mol. The summed E-state index contributed by atoms with van der Waals surface area (Å²) in [5.41, 5.74) is 3.81. The van der Waals surface area contributed by atoms with Gasteiger partial charge >= 0.3 is 5.97 Å². The molecule has 33 heavy (non-hydrogen) atoms. The lowest BCUT2D eigenvalue weighted by Crippen LogP contribution is -2.46. The number of pyridine rings is 1. The normalized spacial score (nSPS) is 17.1. The minimum atomic E-state index is -0.825. The fraction of sp³-hybridized carbons (Fsp3) is 0.346. The van der Waals surface area contributed by atoms with Gasteiger partial charge in [0, 0.05) is 47.7 Å². The van der Waals surface area contributed by atoms with E-state index in [0.717, 1.165) is 40.4 Å². The lowest BCUT2D eigenvalue weighted by molar-refractivity contribution is -0.143. The third kappa shape index (κ3) is 5.11. The molecule has 2 atom stereocenters. The van der Waals surface area contributed by atoms with Crippen molar-refractivity contribution in [3.8, 4) is 16.9 Å². The quantitative estimate of drug-likeness (QED) is 0.530. The number of carboxylic acids is 1. The van der Waals surface area contributed by atoms with E-state index in [4.69, 9.17) is 21.4 Å². The molecule has 1 aliphatic heterocycles. The first-order chi connectivity index (χ1) is 15.8. The zero-order valence-corrected chi connectivity index (χ0v) is 19.5. The van der Waals surface area contributed by atoms with Gasteiger partial charge in [-0.25, -0.2) is 0 Å². The molecule has 0 bridgehead atoms. The lowest BCUT2D eigenvalue weighted by Gasteiger charge is -2.33. The van der Waals surface area contributed by atoms with Gasteiger partial charge in [-0.3, -0.25) is 14.6 Å². The molecule has 1 amide bonds. The molecule has 0 radical (unpaired) electrons. The number of hydrogen-bond acceptors (Lipinski definition) is 4. The third-order valence-corrected chi connectivity index (χ3v) is 6.48. The van der Waals surface area contributed by atoms with Crippen LogP contribution in [0.3, 0.4) is 0 Å². The zero-order valence-electron chi connectivity index (χ0n) is 18.8. The van der Waals surface area contributed by atoms with Crippen molar-refractivity contribution in [3.05, 3.63) is 59.2 Å². The highest BCUT2D eigenvalue weighted by molar-refractivity contribution is 6.34. The number of carbonyl (C=O) groups excluding carboxylic acids is 1. The number of fused-ring (bicyclic) bond motifs is 1. The number of halogens is 1. The number of aryl methyl sites for hydroxylation is 1. The molecule has 2 heterocycles. The standard InChI is InChI=1S/C26H27ClN2O4/c1-16-5-3-7-22(27)25(16)21-10-11-28-23-14-19(8-9-20(21)23)33-17(2)26(32)29-12-4-6-18(15-29)13-24(30)31/h3,5,7-11,14,17-18H,4,6,12-13,15H2,1-2H3,(H,30,31)/t17-,18-/m1/s1. The van der Waals surface area contributed by atoms with Gasteiger partial charge in [0.25, 0.3) is 5.91 Å². The van der Waals surface area contributed by atoms with Gasteiger partial charge in [-0.15, -0.1) is 0 Å². The van der Waals surface area contributed by atoms with Crippen molar-refractivity contribution >= 4 is 34.4 Å². The maximum Gasteiger partial charge on any atom is 0.303 e. The summed E-state index contributed by atoms with van der Waals surface area (Å²) in [5, 5.41) is 10.7. The van der Waals surface area contributed by atoms with E-state index in [1.807, 2.05) is 49.4 Å². The molecule has 1 N–H and O–H groups in total. The van der Waals surface area contributed by atoms with E-state index in [1.165, 1.54) is 0 Å². The maximum absolute atomic E-state index is 12.9. The van der Waals surface area contributed by atoms with Gasteiger partial charge in [-0.1, -0.05) is 23.7 Å². The predicted octanol–water partition coefficient (Wildman–Crippen LogP) is 5.34. The molecule has 0 spiro atoms. The Balaban J connectivity index is 1.53. The summed E-state index contributed by atoms with van der Waals surface area (Å²) < 4.78 is 5.97. The Morgan fingerprint density at radius 1 is 1.27 bits per heavy atom. The number of likely N-dealkylation sites (tertiary alicyclic amines) is 1. The van der Waals surface area contributed by atoms with E-state index < -0.39 is 12.1 Å². The van der Waals surface area contributed by atoms with Gasteiger partial charge in [-0.05, 0) is 68.0 Å². The van der Waals surface area contributed by atoms with Crippen molar-refractivity contribution < 1.29 is 19.4 Å². The van der Waals surface area contributed by atoms with Gasteiger partial charge in [-0.2, -0.15) is 0 Å². The highest BCUT2D eigenvalue weighted by Crippen LogP contribution is 2.36. The van der Waals surface area contributed by atoms with Crippen molar-refractivity contribution in [1.82, 2.24) is 9.88 Å². The third-order valence-electron chi connectivity index (χ3n) is 6.16. The van der Waals surface area contributed by atoms with Crippen LogP contribution in [0.15, 0.2) is 48.7 Å². The number of aromatic nitrogens is 1. The van der Waals surface area contributed by atoms with Gasteiger partial charge < -0.3 is 14.7 Å². The second-order valence-corrected chi connectivity index (χ2v) is 9.03. The van der Waals surface area contributed by atoms with E-state index >= 15 is 0 Å². The number of carbonyl (C=O) groups is 2. The number of nitrogens with zero attached hydrogens (tertiary/aromatic N) is 2. The maximum atomic E-state index is 12.9. The fourth-order valence-corrected chi connectivity index (χ4v) is 4.91. The van der Waals surface area contributed by atoms with Crippen molar-refractivity contribution in [2.75, 3.05) is 13.1 Å². The summed E-state index contributed by atoms with van der Waals surface area (Å²) in [6, 6.07) is 13.4. The minimum absolute atomic E-state index is 0.0102. The average Bonchev–Trinajstić information content (AvgIpc) is 2.78. The van der Waals surface area contributed by atoms with Gasteiger partial charge in [0.1, 0.15) is 5.75 Å². The fourth-order valence-electron chi connectivity index (χ4n) is 4.58. The second kappa shape index (κ2) is 9.79. The summed E-state index contributed by atoms with van der Waals surface area (Å²) in [4.78, 5) is 30.2. The van der Waals surface area contributed by atoms with Crippen molar-refractivity contribution in [3.63, 3.8) is 0 Å². The van der Waals surface area contributed by atoms with Gasteiger partial charge in [0.2, 0.25) is 0 Å². The molecule has 4 rings (SSSR count). The molecule has 1 saturated heterocycles. The van der Waals surface area contributed by atoms with Gasteiger partial charge in [0.05, 0.1) is 5.52 Å². The molecule has 7 heteroatoms. The molecule has 172 valence electrons. The van der Waals surface area contributed by atoms with Crippen LogP contribution in [0, 0.1) is 12.8 Å². The Labute approximate surface area is 198 Å². The SMILES string of the molecule is Cc1cccc(Cl)c1-c1ccnc2cc(O[C@H](C)C(=O)N3CCC[C@H](CC(=O)O)C3)ccc12. The molecule has 1 fully saturated rings. The summed E-state index contributed by atoms with van der Waals surface area (Å²) >= 11 is 6.49. The van der Waals surface area contributed by atoms with E-state index in [-0.39, 0.29) is 18.2 Å². The zero-order chi connectivity index (χ0) is 23.5. The highest BCUT2D eigenvalue weighted by atomic mass is 35.5. The van der Waals surface area contributed by atoms with E-state index in [1.54, 1.807) is 18.0 Å². The van der Waals surface area contributed by atoms with Crippen molar-refractivity contribution in [2.45, 2.75) is 39.2 Å². The number of aliphatic carboxylic acids is 1. The summed E-state index contributed by atoms with van der Waals surface area (Å²) in [5.74, 6) is -0.404. The molecule has 1 aromatic heterocycles. The van der Waals surface area contributed by atoms with E-state index in [2.05, 4.69) is 4.98 Å². The summed E-state index contributed by atoms with van der Waals surface area (Å²) in [7, 11) is 0. The summed E-state index contributed by atoms with van der Waals surface area (Å²) in [6.45, 7) is 4.84. The molecule has 6 nitrogen and oxygen atoms in total. The molecule has 2 aromatic carbocycles. The largest absolute Gasteiger partial charge is 0.481 e. The second-order valence-electron chi connectivity index (χ2n) is 8.62. The molecule has 0 saturated carbocycles. The first-order valence-electron chi connectivity index (χ1n) is 11.1. The highest BCUT2D eigenvalue weighted by Gasteiger charge is 2.29. The van der Waals surface area contributed by atoms with Crippen LogP contribution in [0.25, 0.3) is 22.0 Å². The average molecular weight is 467 g/mol. The van der Waals surface area contributed by atoms with Crippen molar-refractivity contribution in [1.29, 1.82) is 0 Å². The summed E-state index contributed by atoms with van der Waals surface area (Å²) in [6.07, 6.45) is 2.78. The molecular formula is C26H27ClN2O4. The van der Waals surface area contributed by atoms with Crippen LogP contribution in [0.5, 0.6) is 5.75 Å². The molecule has 1 aliphatic rings. The number of rotatable bonds is 6. The van der Waals surface area contributed by atoms with Crippen LogP contribution in [-0.2, 0) is 9.59 Å². The Morgan fingerprint density at radius 3 is 2.85 bits per heavy atom. The van der Waals surface area contributed by atoms with Crippen LogP contribution in [-0.4, -0.2) is 46.1 Å². The first kappa shape index (κ1) is 23.1. The molecule has 0 aliphatic carbocycles. The molecule has 0 unspecified atom stereocenters. The number of carboxylic acid groups (broad SMARTS) is 1. The molecular weight excluding hydrogens is 440 g/mol. The number of benzene rings is 2.